The number of benzene rings is 2. The molecule has 3 saturated heterocycles. The van der Waals surface area contributed by atoms with Crippen LogP contribution in [0, 0.1) is 11.8 Å². The summed E-state index contributed by atoms with van der Waals surface area (Å²) in [5.74, 6) is 1.41. The zero-order valence-electron chi connectivity index (χ0n) is 43.3. The van der Waals surface area contributed by atoms with Gasteiger partial charge in [-0.1, -0.05) is 19.1 Å². The van der Waals surface area contributed by atoms with Crippen molar-refractivity contribution in [1.82, 2.24) is 39.8 Å². The first-order valence-corrected chi connectivity index (χ1v) is 26.9. The maximum absolute atomic E-state index is 14.9. The van der Waals surface area contributed by atoms with Crippen molar-refractivity contribution in [2.75, 3.05) is 49.1 Å². The number of fused-ring (bicyclic) bond motifs is 2. The van der Waals surface area contributed by atoms with Gasteiger partial charge in [-0.2, -0.15) is 13.2 Å². The molecular formula is C56H69F3N10O5. The largest absolute Gasteiger partial charge is 0.416 e. The summed E-state index contributed by atoms with van der Waals surface area (Å²) < 4.78 is 53.5. The third-order valence-corrected chi connectivity index (χ3v) is 17.7. The lowest BCUT2D eigenvalue weighted by Gasteiger charge is -2.48. The van der Waals surface area contributed by atoms with Gasteiger partial charge in [0.05, 0.1) is 41.6 Å². The number of aryl methyl sites for hydroxylation is 1. The average Bonchev–Trinajstić information content (AvgIpc) is 4.00. The number of ether oxygens (including phenoxy) is 1. The molecular weight excluding hydrogens is 950 g/mol. The van der Waals surface area contributed by atoms with Gasteiger partial charge in [0.25, 0.3) is 11.8 Å². The number of aromatic nitrogens is 4. The Hall–Kier alpha value is -5.72. The van der Waals surface area contributed by atoms with Crippen molar-refractivity contribution in [3.8, 4) is 0 Å². The van der Waals surface area contributed by atoms with Crippen LogP contribution in [0.5, 0.6) is 0 Å². The van der Waals surface area contributed by atoms with Gasteiger partial charge in [-0.15, -0.1) is 10.2 Å². The second kappa shape index (κ2) is 19.4. The number of imide groups is 1. The molecule has 394 valence electrons. The minimum atomic E-state index is -4.62. The summed E-state index contributed by atoms with van der Waals surface area (Å²) >= 11 is 0. The molecule has 5 aliphatic heterocycles. The predicted octanol–water partition coefficient (Wildman–Crippen LogP) is 7.76. The molecule has 4 aromatic rings. The predicted molar refractivity (Wildman–Crippen MR) is 271 cm³/mol. The topological polar surface area (TPSA) is 149 Å². The molecule has 2 atom stereocenters. The number of piperazine rings is 1. The average molecular weight is 1020 g/mol. The second-order valence-electron chi connectivity index (χ2n) is 23.3. The van der Waals surface area contributed by atoms with E-state index in [1.807, 2.05) is 48.9 Å². The van der Waals surface area contributed by atoms with Crippen LogP contribution in [0.4, 0.5) is 24.7 Å². The van der Waals surface area contributed by atoms with Gasteiger partial charge in [0, 0.05) is 87.9 Å². The molecule has 2 saturated carbocycles. The molecule has 74 heavy (non-hydrogen) atoms. The van der Waals surface area contributed by atoms with Gasteiger partial charge >= 0.3 is 6.18 Å². The quantitative estimate of drug-likeness (QED) is 0.139. The molecule has 7 heterocycles. The van der Waals surface area contributed by atoms with Gasteiger partial charge in [-0.3, -0.25) is 34.3 Å². The monoisotopic (exact) mass is 1020 g/mol. The number of anilines is 2. The highest BCUT2D eigenvalue weighted by Gasteiger charge is 2.47. The van der Waals surface area contributed by atoms with E-state index in [-0.39, 0.29) is 65.1 Å². The molecule has 4 amide bonds. The van der Waals surface area contributed by atoms with Crippen molar-refractivity contribution < 1.29 is 37.1 Å². The van der Waals surface area contributed by atoms with Gasteiger partial charge < -0.3 is 24.0 Å². The van der Waals surface area contributed by atoms with Crippen LogP contribution in [0.1, 0.15) is 152 Å². The highest BCUT2D eigenvalue weighted by molar-refractivity contribution is 6.10. The number of piperidine rings is 2. The number of amides is 4. The maximum Gasteiger partial charge on any atom is 0.416 e. The van der Waals surface area contributed by atoms with Crippen molar-refractivity contribution in [3.05, 3.63) is 99.8 Å². The van der Waals surface area contributed by atoms with Crippen molar-refractivity contribution in [3.63, 3.8) is 0 Å². The standard InChI is InChI=1S/C56H69F3N10O5/c1-34-26-55(27-34,28-48-63-60-33-64(48)5)38-7-6-8-39(25-38)68-31-44-43(52(68)72)23-37(24-45(44)56(57,58)59)30-67-22-21-65(32-54(67,3)4)29-36-9-11-40(12-10-36)74-41-17-19-66(20-18-41)47-15-13-42-50(61-47)35(2)69(53(42)73)46-14-16-49(70)62-51(46)71/h6-8,13,15,23-25,33-36,40-41,46H,9-12,14,16-22,26-32H2,1-5H3,(H,62,70,71). The molecule has 2 aromatic carbocycles. The van der Waals surface area contributed by atoms with E-state index in [0.29, 0.717) is 60.3 Å². The Balaban J connectivity index is 0.662. The Kier molecular flexibility index (Phi) is 13.3. The molecule has 2 aromatic heterocycles. The number of alkyl halides is 3. The number of rotatable bonds is 12. The van der Waals surface area contributed by atoms with Crippen molar-refractivity contribution >= 4 is 35.1 Å². The summed E-state index contributed by atoms with van der Waals surface area (Å²) in [4.78, 5) is 67.1. The zero-order chi connectivity index (χ0) is 51.8. The fourth-order valence-electron chi connectivity index (χ4n) is 13.8. The number of pyridine rings is 1. The highest BCUT2D eigenvalue weighted by atomic mass is 19.4. The van der Waals surface area contributed by atoms with E-state index in [1.165, 1.54) is 11.0 Å². The van der Waals surface area contributed by atoms with Crippen LogP contribution in [0.25, 0.3) is 0 Å². The van der Waals surface area contributed by atoms with E-state index in [1.54, 1.807) is 17.3 Å². The number of hydrogen-bond donors (Lipinski definition) is 1. The smallest absolute Gasteiger partial charge is 0.375 e. The van der Waals surface area contributed by atoms with E-state index < -0.39 is 29.6 Å². The first-order valence-electron chi connectivity index (χ1n) is 26.9. The molecule has 2 aliphatic carbocycles. The third kappa shape index (κ3) is 9.63. The molecule has 2 unspecified atom stereocenters. The van der Waals surface area contributed by atoms with Crippen LogP contribution >= 0.6 is 0 Å². The maximum atomic E-state index is 14.9. The number of carbonyl (C=O) groups is 4. The first kappa shape index (κ1) is 50.4. The third-order valence-electron chi connectivity index (χ3n) is 17.7. The SMILES string of the molecule is CC1CC(Cc2nncn2C)(c2cccc(N3Cc4c(cc(CN5CCN(CC6CCC(OC7CCN(c8ccc9c(n8)C(C)N(C8CCC(=O)NC8=O)C9=O)CC7)CC6)CC5(C)C)cc4C(F)(F)F)C3=O)c2)C1. The van der Waals surface area contributed by atoms with Gasteiger partial charge in [-0.25, -0.2) is 4.98 Å². The highest BCUT2D eigenvalue weighted by Crippen LogP contribution is 2.51. The Labute approximate surface area is 431 Å². The van der Waals surface area contributed by atoms with Crippen LogP contribution in [-0.2, 0) is 52.5 Å². The second-order valence-corrected chi connectivity index (χ2v) is 23.3. The van der Waals surface area contributed by atoms with Gasteiger partial charge in [-0.05, 0) is 143 Å². The van der Waals surface area contributed by atoms with E-state index in [9.17, 15) is 32.3 Å². The van der Waals surface area contributed by atoms with Crippen LogP contribution in [-0.4, -0.2) is 121 Å². The lowest BCUT2D eigenvalue weighted by Crippen LogP contribution is -2.59. The van der Waals surface area contributed by atoms with Crippen LogP contribution in [0.3, 0.4) is 0 Å². The lowest BCUT2D eigenvalue weighted by molar-refractivity contribution is -0.139. The Morgan fingerprint density at radius 1 is 0.851 bits per heavy atom. The summed E-state index contributed by atoms with van der Waals surface area (Å²) in [6.07, 6.45) is 6.55. The number of nitrogens with one attached hydrogen (secondary N) is 1. The summed E-state index contributed by atoms with van der Waals surface area (Å²) in [5, 5.41) is 10.8. The summed E-state index contributed by atoms with van der Waals surface area (Å²) in [6.45, 7) is 13.5. The van der Waals surface area contributed by atoms with Crippen LogP contribution in [0.15, 0.2) is 54.9 Å². The molecule has 0 spiro atoms. The molecule has 0 radical (unpaired) electrons. The van der Waals surface area contributed by atoms with Gasteiger partial charge in [0.15, 0.2) is 0 Å². The minimum absolute atomic E-state index is 0.0413. The first-order chi connectivity index (χ1) is 35.3. The Morgan fingerprint density at radius 3 is 2.30 bits per heavy atom. The van der Waals surface area contributed by atoms with Crippen LogP contribution in [0.2, 0.25) is 0 Å². The number of nitrogens with zero attached hydrogens (tertiary/aromatic N) is 9. The summed E-state index contributed by atoms with van der Waals surface area (Å²) in [5.41, 5.74) is 2.32. The molecule has 18 heteroatoms. The van der Waals surface area contributed by atoms with Crippen molar-refractivity contribution in [1.29, 1.82) is 0 Å². The van der Waals surface area contributed by atoms with Crippen molar-refractivity contribution in [2.45, 2.75) is 153 Å². The molecule has 7 aliphatic rings. The van der Waals surface area contributed by atoms with E-state index in [4.69, 9.17) is 9.72 Å². The Bertz CT molecular complexity index is 2830. The van der Waals surface area contributed by atoms with Gasteiger partial charge in [0.1, 0.15) is 24.0 Å². The molecule has 11 rings (SSSR count). The zero-order valence-corrected chi connectivity index (χ0v) is 43.3. The molecule has 15 nitrogen and oxygen atoms in total. The summed E-state index contributed by atoms with van der Waals surface area (Å²) in [7, 11) is 1.93. The van der Waals surface area contributed by atoms with E-state index in [2.05, 4.69) is 57.1 Å². The van der Waals surface area contributed by atoms with Crippen LogP contribution < -0.4 is 15.1 Å². The minimum Gasteiger partial charge on any atom is -0.375 e. The number of carbonyl (C=O) groups excluding carboxylic acids is 4. The lowest BCUT2D eigenvalue weighted by atomic mass is 9.57. The van der Waals surface area contributed by atoms with Crippen molar-refractivity contribution in [2.24, 2.45) is 18.9 Å². The number of halogens is 3. The normalized spacial score (nSPS) is 27.9. The summed E-state index contributed by atoms with van der Waals surface area (Å²) in [6, 6.07) is 13.5. The molecule has 0 bridgehead atoms. The fourth-order valence-corrected chi connectivity index (χ4v) is 13.8. The number of hydrogen-bond acceptors (Lipinski definition) is 11. The molecule has 5 fully saturated rings. The van der Waals surface area contributed by atoms with E-state index >= 15 is 0 Å². The van der Waals surface area contributed by atoms with Gasteiger partial charge in [0.2, 0.25) is 11.8 Å². The molecule has 1 N–H and O–H groups in total. The Morgan fingerprint density at radius 2 is 1.61 bits per heavy atom. The van der Waals surface area contributed by atoms with E-state index in [0.717, 1.165) is 101 Å². The fraction of sp³-hybridized carbons (Fsp3) is 0.589.